The van der Waals surface area contributed by atoms with E-state index in [0.717, 1.165) is 27.6 Å². The van der Waals surface area contributed by atoms with Crippen LogP contribution < -0.4 is 10.2 Å². The van der Waals surface area contributed by atoms with Crippen LogP contribution in [0, 0.1) is 12.8 Å². The van der Waals surface area contributed by atoms with Gasteiger partial charge < -0.3 is 9.15 Å². The molecule has 2 N–H and O–H groups in total. The van der Waals surface area contributed by atoms with Crippen molar-refractivity contribution >= 4 is 27.8 Å². The van der Waals surface area contributed by atoms with Gasteiger partial charge in [-0.3, -0.25) is 15.7 Å². The number of pyridine rings is 1. The van der Waals surface area contributed by atoms with E-state index in [4.69, 9.17) is 9.15 Å². The first-order chi connectivity index (χ1) is 14.2. The van der Waals surface area contributed by atoms with Crippen LogP contribution in [0.15, 0.2) is 64.0 Å². The van der Waals surface area contributed by atoms with Crippen molar-refractivity contribution in [2.75, 3.05) is 6.54 Å². The maximum atomic E-state index is 9.63. The van der Waals surface area contributed by atoms with E-state index < -0.39 is 0 Å². The molecule has 0 bridgehead atoms. The first-order valence-corrected chi connectivity index (χ1v) is 9.73. The number of hydrogen-bond donors (Lipinski definition) is 2. The number of nitrogens with zero attached hydrogens (tertiary/aromatic N) is 2. The summed E-state index contributed by atoms with van der Waals surface area (Å²) in [6.45, 7) is 2.58. The Hall–Kier alpha value is -3.38. The zero-order valence-corrected chi connectivity index (χ0v) is 16.1. The predicted octanol–water partition coefficient (Wildman–Crippen LogP) is 5.22. The average molecular weight is 387 g/mol. The minimum absolute atomic E-state index is 0.370. The fourth-order valence-corrected chi connectivity index (χ4v) is 3.37. The van der Waals surface area contributed by atoms with Gasteiger partial charge in [-0.25, -0.2) is 4.98 Å². The smallest absolute Gasteiger partial charge is 0.230 e. The van der Waals surface area contributed by atoms with Crippen molar-refractivity contribution in [3.63, 3.8) is 0 Å². The lowest BCUT2D eigenvalue weighted by molar-refractivity contribution is 0.234. The van der Waals surface area contributed by atoms with Crippen molar-refractivity contribution in [3.8, 4) is 11.6 Å². The molecule has 1 fully saturated rings. The van der Waals surface area contributed by atoms with Gasteiger partial charge in [0.15, 0.2) is 5.84 Å². The van der Waals surface area contributed by atoms with Crippen molar-refractivity contribution in [2.45, 2.75) is 19.8 Å². The van der Waals surface area contributed by atoms with Gasteiger partial charge in [0.2, 0.25) is 5.88 Å². The summed E-state index contributed by atoms with van der Waals surface area (Å²) >= 11 is 0. The number of rotatable bonds is 5. The Kier molecular flexibility index (Phi) is 4.41. The van der Waals surface area contributed by atoms with E-state index in [1.807, 2.05) is 61.5 Å². The maximum Gasteiger partial charge on any atom is 0.230 e. The number of hydrogen-bond acceptors (Lipinski definition) is 5. The fraction of sp³-hybridized carbons (Fsp3) is 0.217. The molecule has 2 aromatic carbocycles. The molecule has 0 amide bonds. The topological polar surface area (TPSA) is 79.9 Å². The molecule has 0 spiro atoms. The molecule has 146 valence electrons. The highest BCUT2D eigenvalue weighted by atomic mass is 16.5. The molecular weight excluding hydrogens is 366 g/mol. The number of aliphatic imine (C=N–C) groups is 1. The van der Waals surface area contributed by atoms with Crippen molar-refractivity contribution in [2.24, 2.45) is 10.9 Å². The molecular formula is C23H21N3O3. The van der Waals surface area contributed by atoms with Crippen LogP contribution in [0.3, 0.4) is 0 Å². The zero-order chi connectivity index (χ0) is 19.8. The molecule has 4 aromatic rings. The largest absolute Gasteiger partial charge is 0.456 e. The number of nitrogens with one attached hydrogen (secondary N) is 1. The molecule has 0 atom stereocenters. The quantitative estimate of drug-likeness (QED) is 0.279. The van der Waals surface area contributed by atoms with E-state index in [1.165, 1.54) is 12.8 Å². The van der Waals surface area contributed by atoms with Gasteiger partial charge in [0.05, 0.1) is 5.56 Å². The van der Waals surface area contributed by atoms with Gasteiger partial charge in [-0.2, -0.15) is 0 Å². The molecule has 1 aliphatic carbocycles. The summed E-state index contributed by atoms with van der Waals surface area (Å²) in [5.41, 5.74) is 5.30. The van der Waals surface area contributed by atoms with Gasteiger partial charge in [0, 0.05) is 23.0 Å². The molecule has 0 radical (unpaired) electrons. The van der Waals surface area contributed by atoms with Gasteiger partial charge in [0.1, 0.15) is 16.9 Å². The van der Waals surface area contributed by atoms with Crippen LogP contribution in [0.2, 0.25) is 0 Å². The minimum Gasteiger partial charge on any atom is -0.456 e. The summed E-state index contributed by atoms with van der Waals surface area (Å²) in [5, 5.41) is 11.6. The molecule has 2 aromatic heterocycles. The molecule has 6 heteroatoms. The third-order valence-corrected chi connectivity index (χ3v) is 5.13. The van der Waals surface area contributed by atoms with Gasteiger partial charge in [-0.1, -0.05) is 18.2 Å². The van der Waals surface area contributed by atoms with Crippen molar-refractivity contribution < 1.29 is 14.4 Å². The molecule has 5 rings (SSSR count). The van der Waals surface area contributed by atoms with Crippen LogP contribution in [0.1, 0.15) is 24.1 Å². The lowest BCUT2D eigenvalue weighted by Gasteiger charge is -2.12. The van der Waals surface area contributed by atoms with Gasteiger partial charge in [0.25, 0.3) is 0 Å². The summed E-state index contributed by atoms with van der Waals surface area (Å²) in [6.07, 6.45) is 2.38. The molecule has 1 saturated carbocycles. The average Bonchev–Trinajstić information content (AvgIpc) is 3.49. The van der Waals surface area contributed by atoms with E-state index >= 15 is 0 Å². The maximum absolute atomic E-state index is 9.63. The zero-order valence-electron chi connectivity index (χ0n) is 16.1. The Morgan fingerprint density at radius 3 is 2.79 bits per heavy atom. The summed E-state index contributed by atoms with van der Waals surface area (Å²) in [5.74, 6) is 2.02. The molecule has 2 heterocycles. The van der Waals surface area contributed by atoms with Crippen LogP contribution in [-0.2, 0) is 0 Å². The van der Waals surface area contributed by atoms with Crippen LogP contribution in [0.25, 0.3) is 21.9 Å². The summed E-state index contributed by atoms with van der Waals surface area (Å²) in [7, 11) is 0. The summed E-state index contributed by atoms with van der Waals surface area (Å²) in [4.78, 5) is 9.04. The second kappa shape index (κ2) is 7.22. The molecule has 29 heavy (non-hydrogen) atoms. The molecule has 1 aliphatic rings. The highest BCUT2D eigenvalue weighted by molar-refractivity contribution is 6.05. The second-order valence-corrected chi connectivity index (χ2v) is 7.41. The summed E-state index contributed by atoms with van der Waals surface area (Å²) in [6, 6.07) is 17.3. The Balaban J connectivity index is 1.53. The van der Waals surface area contributed by atoms with Crippen molar-refractivity contribution in [3.05, 3.63) is 65.9 Å². The van der Waals surface area contributed by atoms with Crippen LogP contribution >= 0.6 is 0 Å². The van der Waals surface area contributed by atoms with Gasteiger partial charge >= 0.3 is 0 Å². The van der Waals surface area contributed by atoms with Crippen molar-refractivity contribution in [1.82, 2.24) is 10.5 Å². The Labute approximate surface area is 167 Å². The van der Waals surface area contributed by atoms with Crippen molar-refractivity contribution in [1.29, 1.82) is 0 Å². The van der Waals surface area contributed by atoms with E-state index in [-0.39, 0.29) is 0 Å². The van der Waals surface area contributed by atoms with E-state index in [9.17, 15) is 5.21 Å². The highest BCUT2D eigenvalue weighted by Crippen LogP contribution is 2.33. The number of furan rings is 1. The van der Waals surface area contributed by atoms with Gasteiger partial charge in [-0.15, -0.1) is 0 Å². The Bertz CT molecular complexity index is 1220. The number of ether oxygens (including phenoxy) is 1. The monoisotopic (exact) mass is 387 g/mol. The van der Waals surface area contributed by atoms with Crippen LogP contribution in [0.4, 0.5) is 0 Å². The van der Waals surface area contributed by atoms with Gasteiger partial charge in [-0.05, 0) is 62.1 Å². The second-order valence-electron chi connectivity index (χ2n) is 7.41. The highest BCUT2D eigenvalue weighted by Gasteiger charge is 2.22. The molecule has 0 aliphatic heterocycles. The lowest BCUT2D eigenvalue weighted by Crippen LogP contribution is -2.22. The molecule has 0 saturated heterocycles. The number of fused-ring (bicyclic) bond motifs is 3. The fourth-order valence-electron chi connectivity index (χ4n) is 3.37. The number of para-hydroxylation sites is 1. The third-order valence-electron chi connectivity index (χ3n) is 5.13. The molecule has 0 unspecified atom stereocenters. The Morgan fingerprint density at radius 2 is 1.97 bits per heavy atom. The predicted molar refractivity (Wildman–Crippen MR) is 112 cm³/mol. The van der Waals surface area contributed by atoms with Crippen LogP contribution in [0.5, 0.6) is 11.6 Å². The number of benzene rings is 2. The van der Waals surface area contributed by atoms with E-state index in [0.29, 0.717) is 35.5 Å². The normalized spacial score (nSPS) is 14.5. The number of aryl methyl sites for hydroxylation is 1. The first kappa shape index (κ1) is 17.7. The number of amidine groups is 1. The SMILES string of the molecule is Cc1ccc(C(=NCC2CC2)NO)c(Oc2ccc3oc4ccccc4c3c2)n1. The van der Waals surface area contributed by atoms with E-state index in [1.54, 1.807) is 0 Å². The summed E-state index contributed by atoms with van der Waals surface area (Å²) < 4.78 is 12.0. The number of hydroxylamine groups is 1. The Morgan fingerprint density at radius 1 is 1.14 bits per heavy atom. The minimum atomic E-state index is 0.370. The third kappa shape index (κ3) is 3.54. The lowest BCUT2D eigenvalue weighted by atomic mass is 10.1. The number of aromatic nitrogens is 1. The van der Waals surface area contributed by atoms with E-state index in [2.05, 4.69) is 15.5 Å². The molecule has 6 nitrogen and oxygen atoms in total. The van der Waals surface area contributed by atoms with Crippen LogP contribution in [-0.4, -0.2) is 22.6 Å². The first-order valence-electron chi connectivity index (χ1n) is 9.73. The standard InChI is InChI=1S/C23H21N3O3/c1-14-6-10-18(22(26-27)24-13-15-7-8-15)23(25-14)28-16-9-11-21-19(12-16)17-4-2-3-5-20(17)29-21/h2-6,9-12,15,27H,7-8,13H2,1H3,(H,24,26).